The number of hydrogen-bond donors (Lipinski definition) is 2. The van der Waals surface area contributed by atoms with Crippen molar-refractivity contribution in [2.75, 3.05) is 6.54 Å². The van der Waals surface area contributed by atoms with Crippen molar-refractivity contribution < 1.29 is 38.6 Å². The van der Waals surface area contributed by atoms with Crippen molar-refractivity contribution in [2.24, 2.45) is 59.2 Å². The largest absolute Gasteiger partial charge is 0.354 e. The minimum Gasteiger partial charge on any atom is -0.354 e. The van der Waals surface area contributed by atoms with Crippen LogP contribution in [0.25, 0.3) is 0 Å². The zero-order chi connectivity index (χ0) is 33.9. The fraction of sp³-hybridized carbons (Fsp3) is 0.950. The number of carbonyl (C=O) groups is 2. The predicted molar refractivity (Wildman–Crippen MR) is 180 cm³/mol. The maximum atomic E-state index is 13.2. The number of amides is 2. The van der Waals surface area contributed by atoms with Crippen LogP contribution in [0.4, 0.5) is 0 Å². The van der Waals surface area contributed by atoms with E-state index < -0.39 is 28.7 Å². The van der Waals surface area contributed by atoms with Crippen molar-refractivity contribution in [2.45, 2.75) is 171 Å². The Balaban J connectivity index is 0.647. The molecule has 2 heterocycles. The zero-order valence-corrected chi connectivity index (χ0v) is 30.4. The molecule has 2 saturated heterocycles. The highest BCUT2D eigenvalue weighted by Crippen LogP contribution is 2.65. The van der Waals surface area contributed by atoms with Crippen LogP contribution in [-0.4, -0.2) is 47.0 Å². The molecule has 0 atom stereocenters. The Morgan fingerprint density at radius 3 is 1.34 bits per heavy atom. The molecule has 0 radical (unpaired) electrons. The summed E-state index contributed by atoms with van der Waals surface area (Å²) in [6.07, 6.45) is 20.2. The summed E-state index contributed by atoms with van der Waals surface area (Å²) in [6.45, 7) is 4.38. The standard InChI is InChI=1S/C40H60N2O8/c1-36(2,42-35(44)22-25-5-9-38(10-6-25)46-40(50-48-38)32-17-28-12-29(19-32)20-33(40)18-28)23-41-34(43)21-24-3-7-37(8-4-24)45-39(49-47-37)30-13-26-11-27(15-30)16-31(39)14-26/h24-33H,3-23H2,1-2H3,(H,41,43)(H,42,44)/t24?,25?,26-,27+,28-,29+,30-,31+,32-,33+,37-,38-,39-,40-. The first-order chi connectivity index (χ1) is 24.0. The molecule has 0 aromatic heterocycles. The first-order valence-electron chi connectivity index (χ1n) is 20.7. The summed E-state index contributed by atoms with van der Waals surface area (Å²) in [5.74, 6) is 3.59. The fourth-order valence-electron chi connectivity index (χ4n) is 13.6. The topological polar surface area (TPSA) is 114 Å². The normalized spacial score (nSPS) is 51.4. The molecular formula is C40H60N2O8. The van der Waals surface area contributed by atoms with Crippen molar-refractivity contribution in [3.8, 4) is 0 Å². The number of carbonyl (C=O) groups excluding carboxylic acids is 2. The summed E-state index contributed by atoms with van der Waals surface area (Å²) in [4.78, 5) is 50.8. The van der Waals surface area contributed by atoms with E-state index in [4.69, 9.17) is 29.0 Å². The minimum absolute atomic E-state index is 0.0421. The first kappa shape index (κ1) is 33.3. The number of hydrogen-bond acceptors (Lipinski definition) is 8. The van der Waals surface area contributed by atoms with Crippen molar-refractivity contribution >= 4 is 11.8 Å². The third-order valence-corrected chi connectivity index (χ3v) is 15.8. The van der Waals surface area contributed by atoms with Gasteiger partial charge in [0.05, 0.1) is 5.54 Å². The SMILES string of the molecule is CC(C)(CNC(=O)CC1CC[C@]2(CC1)OO[C@]1(O2)[C@H]2C[C@@H]3C[C@H](C2)C[C@H]1C3)NC(=O)CC1CC[C@]2(CC1)OO[C@]1(O2)[C@H]2C[C@@H]3C[C@H](C2)C[C@H]1C3. The van der Waals surface area contributed by atoms with Crippen LogP contribution in [0.2, 0.25) is 0 Å². The minimum atomic E-state index is -0.646. The summed E-state index contributed by atoms with van der Waals surface area (Å²) in [5, 5.41) is 6.32. The van der Waals surface area contributed by atoms with Gasteiger partial charge in [-0.05, 0) is 139 Å². The Bertz CT molecular complexity index is 1290. The highest BCUT2D eigenvalue weighted by Gasteiger charge is 2.68. The van der Waals surface area contributed by atoms with Gasteiger partial charge in [0.15, 0.2) is 0 Å². The Hall–Kier alpha value is -1.30. The van der Waals surface area contributed by atoms with E-state index in [0.29, 0.717) is 54.9 Å². The molecule has 2 amide bonds. The van der Waals surface area contributed by atoms with Crippen LogP contribution < -0.4 is 10.6 Å². The molecule has 278 valence electrons. The second-order valence-electron chi connectivity index (χ2n) is 19.9. The Kier molecular flexibility index (Phi) is 7.89. The number of rotatable bonds is 7. The van der Waals surface area contributed by atoms with Crippen LogP contribution in [0, 0.1) is 59.2 Å². The predicted octanol–water partition coefficient (Wildman–Crippen LogP) is 6.81. The zero-order valence-electron chi connectivity index (χ0n) is 30.4. The molecule has 10 heteroatoms. The van der Waals surface area contributed by atoms with E-state index in [1.165, 1.54) is 64.2 Å². The van der Waals surface area contributed by atoms with Gasteiger partial charge in [-0.1, -0.05) is 0 Å². The highest BCUT2D eigenvalue weighted by molar-refractivity contribution is 5.78. The van der Waals surface area contributed by atoms with Gasteiger partial charge in [0.2, 0.25) is 35.0 Å². The van der Waals surface area contributed by atoms with E-state index in [1.54, 1.807) is 0 Å². The van der Waals surface area contributed by atoms with Crippen LogP contribution in [0.5, 0.6) is 0 Å². The molecular weight excluding hydrogens is 636 g/mol. The maximum Gasteiger partial charge on any atom is 0.220 e. The lowest BCUT2D eigenvalue weighted by Crippen LogP contribution is -2.59. The van der Waals surface area contributed by atoms with E-state index in [9.17, 15) is 9.59 Å². The molecule has 0 aromatic rings. The van der Waals surface area contributed by atoms with E-state index in [1.807, 2.05) is 13.8 Å². The fourth-order valence-corrected chi connectivity index (χ4v) is 13.6. The molecule has 0 unspecified atom stereocenters. The first-order valence-corrected chi connectivity index (χ1v) is 20.7. The molecule has 10 nitrogen and oxygen atoms in total. The molecule has 12 fully saturated rings. The Morgan fingerprint density at radius 2 is 0.940 bits per heavy atom. The van der Waals surface area contributed by atoms with Crippen molar-refractivity contribution in [3.05, 3.63) is 0 Å². The third kappa shape index (κ3) is 5.62. The van der Waals surface area contributed by atoms with Crippen molar-refractivity contribution in [1.82, 2.24) is 10.6 Å². The quantitative estimate of drug-likeness (QED) is 0.279. The lowest BCUT2D eigenvalue weighted by molar-refractivity contribution is -0.390. The molecule has 8 bridgehead atoms. The molecule has 50 heavy (non-hydrogen) atoms. The number of nitrogens with one attached hydrogen (secondary N) is 2. The smallest absolute Gasteiger partial charge is 0.220 e. The van der Waals surface area contributed by atoms with Gasteiger partial charge < -0.3 is 20.1 Å². The average Bonchev–Trinajstić information content (AvgIpc) is 3.64. The third-order valence-electron chi connectivity index (χ3n) is 15.8. The van der Waals surface area contributed by atoms with Crippen LogP contribution >= 0.6 is 0 Å². The van der Waals surface area contributed by atoms with Crippen LogP contribution in [0.15, 0.2) is 0 Å². The molecule has 2 aliphatic heterocycles. The van der Waals surface area contributed by atoms with Crippen LogP contribution in [0.3, 0.4) is 0 Å². The maximum absolute atomic E-state index is 13.2. The van der Waals surface area contributed by atoms with E-state index in [2.05, 4.69) is 10.6 Å². The van der Waals surface area contributed by atoms with Gasteiger partial charge >= 0.3 is 0 Å². The van der Waals surface area contributed by atoms with E-state index in [0.717, 1.165) is 75.0 Å². The lowest BCUT2D eigenvalue weighted by atomic mass is 9.53. The van der Waals surface area contributed by atoms with Crippen molar-refractivity contribution in [1.29, 1.82) is 0 Å². The molecule has 4 spiro atoms. The summed E-state index contributed by atoms with van der Waals surface area (Å²) in [7, 11) is 0. The molecule has 12 aliphatic rings. The van der Waals surface area contributed by atoms with E-state index in [-0.39, 0.29) is 11.8 Å². The van der Waals surface area contributed by atoms with Crippen LogP contribution in [0.1, 0.15) is 142 Å². The summed E-state index contributed by atoms with van der Waals surface area (Å²) in [6, 6.07) is 0. The molecule has 10 aliphatic carbocycles. The van der Waals surface area contributed by atoms with Crippen molar-refractivity contribution in [3.63, 3.8) is 0 Å². The second-order valence-corrected chi connectivity index (χ2v) is 19.9. The van der Waals surface area contributed by atoms with Gasteiger partial charge in [-0.2, -0.15) is 19.6 Å². The van der Waals surface area contributed by atoms with Gasteiger partial charge in [-0.3, -0.25) is 9.59 Å². The lowest BCUT2D eigenvalue weighted by Gasteiger charge is -2.57. The molecule has 12 rings (SSSR count). The van der Waals surface area contributed by atoms with Gasteiger partial charge in [0.1, 0.15) is 0 Å². The second kappa shape index (κ2) is 11.8. The number of ether oxygens (including phenoxy) is 2. The average molecular weight is 697 g/mol. The molecule has 2 N–H and O–H groups in total. The molecule has 10 saturated carbocycles. The van der Waals surface area contributed by atoms with E-state index >= 15 is 0 Å². The van der Waals surface area contributed by atoms with Gasteiger partial charge in [0.25, 0.3) is 0 Å². The summed E-state index contributed by atoms with van der Waals surface area (Å²) >= 11 is 0. The highest BCUT2D eigenvalue weighted by atomic mass is 17.3. The molecule has 0 aromatic carbocycles. The van der Waals surface area contributed by atoms with Gasteiger partial charge in [0, 0.05) is 68.7 Å². The summed E-state index contributed by atoms with van der Waals surface area (Å²) < 4.78 is 13.7. The summed E-state index contributed by atoms with van der Waals surface area (Å²) in [5.41, 5.74) is -0.535. The van der Waals surface area contributed by atoms with Gasteiger partial charge in [-0.25, -0.2) is 0 Å². The monoisotopic (exact) mass is 696 g/mol. The van der Waals surface area contributed by atoms with Gasteiger partial charge in [-0.15, -0.1) is 0 Å². The Morgan fingerprint density at radius 1 is 0.560 bits per heavy atom. The Labute approximate surface area is 297 Å². The van der Waals surface area contributed by atoms with Crippen LogP contribution in [-0.2, 0) is 38.6 Å².